The third kappa shape index (κ3) is 2.73. The van der Waals surface area contributed by atoms with Gasteiger partial charge in [-0.3, -0.25) is 4.68 Å². The fourth-order valence-electron chi connectivity index (χ4n) is 2.89. The minimum Gasteiger partial charge on any atom is -0.369 e. The molecule has 0 fully saturated rings. The maximum absolute atomic E-state index is 4.88. The van der Waals surface area contributed by atoms with E-state index in [0.717, 1.165) is 35.4 Å². The zero-order valence-electron chi connectivity index (χ0n) is 13.0. The van der Waals surface area contributed by atoms with Crippen molar-refractivity contribution in [3.05, 3.63) is 28.1 Å². The van der Waals surface area contributed by atoms with Crippen LogP contribution in [0.3, 0.4) is 0 Å². The molecule has 114 valence electrons. The van der Waals surface area contributed by atoms with Crippen molar-refractivity contribution in [1.29, 1.82) is 0 Å². The van der Waals surface area contributed by atoms with Gasteiger partial charge in [0.25, 0.3) is 0 Å². The number of nitrogens with zero attached hydrogens (tertiary/aromatic N) is 4. The molecule has 0 saturated heterocycles. The normalized spacial score (nSPS) is 18.4. The van der Waals surface area contributed by atoms with Crippen LogP contribution in [0.25, 0.3) is 0 Å². The lowest BCUT2D eigenvalue weighted by Crippen LogP contribution is -2.26. The van der Waals surface area contributed by atoms with Crippen LogP contribution in [0.4, 0.5) is 5.82 Å². The van der Waals surface area contributed by atoms with E-state index in [9.17, 15) is 0 Å². The van der Waals surface area contributed by atoms with Gasteiger partial charge in [0.2, 0.25) is 0 Å². The van der Waals surface area contributed by atoms with Crippen molar-refractivity contribution in [2.45, 2.75) is 39.7 Å². The quantitative estimate of drug-likeness (QED) is 0.902. The fourth-order valence-corrected chi connectivity index (χ4v) is 3.44. The van der Waals surface area contributed by atoms with Gasteiger partial charge >= 0.3 is 0 Å². The molecule has 1 atom stereocenters. The van der Waals surface area contributed by atoms with Crippen molar-refractivity contribution in [3.8, 4) is 0 Å². The van der Waals surface area contributed by atoms with Gasteiger partial charge in [0.15, 0.2) is 0 Å². The van der Waals surface area contributed by atoms with E-state index in [4.69, 9.17) is 5.10 Å². The first kappa shape index (κ1) is 14.6. The summed E-state index contributed by atoms with van der Waals surface area (Å²) < 4.78 is 5.16. The smallest absolute Gasteiger partial charge is 0.139 e. The van der Waals surface area contributed by atoms with E-state index in [0.29, 0.717) is 0 Å². The highest BCUT2D eigenvalue weighted by Gasteiger charge is 2.29. The number of fused-ring (bicyclic) bond motifs is 1. The Morgan fingerprint density at radius 1 is 1.43 bits per heavy atom. The molecule has 3 rings (SSSR count). The number of nitrogens with one attached hydrogen (secondary N) is 1. The number of aryl methyl sites for hydroxylation is 1. The summed E-state index contributed by atoms with van der Waals surface area (Å²) in [6.07, 6.45) is 3.83. The van der Waals surface area contributed by atoms with E-state index in [-0.39, 0.29) is 11.5 Å². The Morgan fingerprint density at radius 3 is 2.81 bits per heavy atom. The highest BCUT2D eigenvalue weighted by molar-refractivity contribution is 9.10. The highest BCUT2D eigenvalue weighted by Crippen LogP contribution is 2.37. The molecular weight excluding hydrogens is 330 g/mol. The molecule has 0 saturated carbocycles. The number of halogens is 1. The van der Waals surface area contributed by atoms with E-state index in [2.05, 4.69) is 57.9 Å². The molecule has 1 aliphatic rings. The second-order valence-corrected chi connectivity index (χ2v) is 7.70. The Morgan fingerprint density at radius 2 is 2.19 bits per heavy atom. The van der Waals surface area contributed by atoms with Gasteiger partial charge in [-0.2, -0.15) is 10.2 Å². The molecule has 5 nitrogen and oxygen atoms in total. The fraction of sp³-hybridized carbons (Fsp3) is 0.600. The maximum atomic E-state index is 4.88. The zero-order chi connectivity index (χ0) is 15.2. The maximum Gasteiger partial charge on any atom is 0.139 e. The van der Waals surface area contributed by atoms with E-state index in [1.54, 1.807) is 0 Å². The second kappa shape index (κ2) is 5.16. The third-order valence-electron chi connectivity index (χ3n) is 3.82. The van der Waals surface area contributed by atoms with Crippen LogP contribution in [0.1, 0.15) is 44.6 Å². The Balaban J connectivity index is 2.02. The molecule has 3 heterocycles. The standard InChI is InChI=1S/C15H22BrN5/c1-15(2,3)9-10-13(16)14-17-7-5-12(21(14)19-10)11-6-8-18-20(11)4/h6,8,12,17H,5,7,9H2,1-4H3. The van der Waals surface area contributed by atoms with Gasteiger partial charge in [-0.1, -0.05) is 20.8 Å². The van der Waals surface area contributed by atoms with Crippen LogP contribution < -0.4 is 5.32 Å². The topological polar surface area (TPSA) is 47.7 Å². The van der Waals surface area contributed by atoms with Crippen molar-refractivity contribution in [3.63, 3.8) is 0 Å². The average Bonchev–Trinajstić information content (AvgIpc) is 2.93. The molecule has 2 aromatic heterocycles. The molecule has 0 bridgehead atoms. The van der Waals surface area contributed by atoms with E-state index in [1.807, 2.05) is 17.9 Å². The highest BCUT2D eigenvalue weighted by atomic mass is 79.9. The summed E-state index contributed by atoms with van der Waals surface area (Å²) in [5.74, 6) is 1.09. The van der Waals surface area contributed by atoms with Crippen molar-refractivity contribution >= 4 is 21.7 Å². The number of anilines is 1. The summed E-state index contributed by atoms with van der Waals surface area (Å²) >= 11 is 3.73. The molecular formula is C15H22BrN5. The van der Waals surface area contributed by atoms with Gasteiger partial charge < -0.3 is 5.32 Å². The molecule has 0 spiro atoms. The molecule has 21 heavy (non-hydrogen) atoms. The first-order valence-corrected chi connectivity index (χ1v) is 8.15. The van der Waals surface area contributed by atoms with Crippen LogP contribution in [0.15, 0.2) is 16.7 Å². The van der Waals surface area contributed by atoms with Crippen molar-refractivity contribution in [2.24, 2.45) is 12.5 Å². The Hall–Kier alpha value is -1.30. The first-order valence-electron chi connectivity index (χ1n) is 7.35. The van der Waals surface area contributed by atoms with Crippen molar-refractivity contribution in [1.82, 2.24) is 19.6 Å². The average molecular weight is 352 g/mol. The van der Waals surface area contributed by atoms with E-state index in [1.165, 1.54) is 5.69 Å². The molecule has 1 N–H and O–H groups in total. The van der Waals surface area contributed by atoms with Crippen LogP contribution in [0.2, 0.25) is 0 Å². The van der Waals surface area contributed by atoms with Gasteiger partial charge in [-0.15, -0.1) is 0 Å². The molecule has 1 unspecified atom stereocenters. The summed E-state index contributed by atoms with van der Waals surface area (Å²) in [6.45, 7) is 7.67. The summed E-state index contributed by atoms with van der Waals surface area (Å²) in [7, 11) is 1.99. The molecule has 6 heteroatoms. The van der Waals surface area contributed by atoms with Crippen LogP contribution in [0.5, 0.6) is 0 Å². The summed E-state index contributed by atoms with van der Waals surface area (Å²) in [5, 5.41) is 12.6. The number of hydrogen-bond acceptors (Lipinski definition) is 3. The third-order valence-corrected chi connectivity index (χ3v) is 4.66. The molecule has 0 aromatic carbocycles. The van der Waals surface area contributed by atoms with Crippen LogP contribution in [-0.2, 0) is 13.5 Å². The molecule has 0 aliphatic carbocycles. The van der Waals surface area contributed by atoms with Crippen LogP contribution in [0, 0.1) is 5.41 Å². The predicted molar refractivity (Wildman–Crippen MR) is 87.5 cm³/mol. The van der Waals surface area contributed by atoms with Gasteiger partial charge in [0.1, 0.15) is 5.82 Å². The molecule has 0 amide bonds. The Labute approximate surface area is 133 Å². The molecule has 0 radical (unpaired) electrons. The summed E-state index contributed by atoms with van der Waals surface area (Å²) in [5.41, 5.74) is 2.55. The summed E-state index contributed by atoms with van der Waals surface area (Å²) in [6, 6.07) is 2.33. The van der Waals surface area contributed by atoms with Gasteiger partial charge in [-0.25, -0.2) is 4.68 Å². The van der Waals surface area contributed by atoms with E-state index < -0.39 is 0 Å². The summed E-state index contributed by atoms with van der Waals surface area (Å²) in [4.78, 5) is 0. The Kier molecular flexibility index (Phi) is 3.59. The SMILES string of the molecule is Cn1nccc1C1CCNc2c(Br)c(CC(C)(C)C)nn21. The van der Waals surface area contributed by atoms with Gasteiger partial charge in [0, 0.05) is 19.8 Å². The second-order valence-electron chi connectivity index (χ2n) is 6.90. The van der Waals surface area contributed by atoms with E-state index >= 15 is 0 Å². The van der Waals surface area contributed by atoms with Crippen molar-refractivity contribution in [2.75, 3.05) is 11.9 Å². The van der Waals surface area contributed by atoms with Gasteiger partial charge in [0.05, 0.1) is 21.9 Å². The lowest BCUT2D eigenvalue weighted by atomic mass is 9.91. The van der Waals surface area contributed by atoms with Gasteiger partial charge in [-0.05, 0) is 40.3 Å². The van der Waals surface area contributed by atoms with Crippen LogP contribution >= 0.6 is 15.9 Å². The number of rotatable bonds is 2. The minimum atomic E-state index is 0.217. The zero-order valence-corrected chi connectivity index (χ0v) is 14.6. The van der Waals surface area contributed by atoms with Crippen molar-refractivity contribution < 1.29 is 0 Å². The monoisotopic (exact) mass is 351 g/mol. The lowest BCUT2D eigenvalue weighted by molar-refractivity contribution is 0.396. The largest absolute Gasteiger partial charge is 0.369 e. The van der Waals surface area contributed by atoms with Crippen LogP contribution in [-0.4, -0.2) is 26.1 Å². The number of aromatic nitrogens is 4. The molecule has 1 aliphatic heterocycles. The molecule has 2 aromatic rings. The number of hydrogen-bond donors (Lipinski definition) is 1. The lowest BCUT2D eigenvalue weighted by Gasteiger charge is -2.25. The minimum absolute atomic E-state index is 0.217. The first-order chi connectivity index (χ1) is 9.87. The Bertz CT molecular complexity index is 650. The predicted octanol–water partition coefficient (Wildman–Crippen LogP) is 3.37.